The van der Waals surface area contributed by atoms with E-state index in [2.05, 4.69) is 15.3 Å². The predicted molar refractivity (Wildman–Crippen MR) is 141 cm³/mol. The van der Waals surface area contributed by atoms with Crippen molar-refractivity contribution < 1.29 is 45.8 Å². The number of anilines is 3. The molecule has 6 N–H and O–H groups in total. The molecule has 1 aliphatic heterocycles. The third-order valence-corrected chi connectivity index (χ3v) is 8.45. The second kappa shape index (κ2) is 11.4. The second-order valence-corrected chi connectivity index (χ2v) is 12.1. The number of aromatic amines is 1. The van der Waals surface area contributed by atoms with Gasteiger partial charge in [-0.25, -0.2) is 17.9 Å². The number of fused-ring (bicyclic) bond motifs is 1. The Kier molecular flexibility index (Phi) is 8.06. The summed E-state index contributed by atoms with van der Waals surface area (Å²) in [5.74, 6) is -2.23. The summed E-state index contributed by atoms with van der Waals surface area (Å²) in [4.78, 5) is 41.0. The quantitative estimate of drug-likeness (QED) is 0.197. The van der Waals surface area contributed by atoms with Gasteiger partial charge >= 0.3 is 15.6 Å². The van der Waals surface area contributed by atoms with Gasteiger partial charge in [-0.05, 0) is 60.9 Å². The fourth-order valence-electron chi connectivity index (χ4n) is 4.61. The molecule has 0 bridgehead atoms. The fraction of sp³-hybridized carbons (Fsp3) is 0.304. The lowest BCUT2D eigenvalue weighted by molar-refractivity contribution is 0.0211. The van der Waals surface area contributed by atoms with Crippen LogP contribution in [0.5, 0.6) is 11.5 Å². The predicted octanol–water partition coefficient (Wildman–Crippen LogP) is 3.22. The van der Waals surface area contributed by atoms with E-state index in [4.69, 9.17) is 23.8 Å². The van der Waals surface area contributed by atoms with Crippen LogP contribution >= 0.6 is 15.6 Å². The van der Waals surface area contributed by atoms with E-state index in [1.807, 2.05) is 0 Å². The molecule has 1 aromatic heterocycles. The molecule has 5 atom stereocenters. The van der Waals surface area contributed by atoms with Crippen LogP contribution < -0.4 is 30.6 Å². The van der Waals surface area contributed by atoms with Gasteiger partial charge in [0.25, 0.3) is 5.56 Å². The number of phosphoric acid groups is 2. The number of H-pyrrole nitrogens is 1. The normalized spacial score (nSPS) is 22.5. The monoisotopic (exact) mass is 615 g/mol. The first-order chi connectivity index (χ1) is 19.4. The van der Waals surface area contributed by atoms with Gasteiger partial charge in [0.15, 0.2) is 5.82 Å². The van der Waals surface area contributed by atoms with Crippen molar-refractivity contribution in [3.05, 3.63) is 70.5 Å². The number of nitrogens with two attached hydrogens (primary N) is 1. The maximum Gasteiger partial charge on any atom is 0.527 e. The molecule has 18 heteroatoms. The number of phosphoric ester groups is 2. The molecule has 0 spiro atoms. The van der Waals surface area contributed by atoms with E-state index in [0.29, 0.717) is 6.42 Å². The molecule has 0 amide bonds. The topological polar surface area (TPSA) is 199 Å². The first-order valence-electron chi connectivity index (χ1n) is 12.1. The summed E-state index contributed by atoms with van der Waals surface area (Å²) >= 11 is 0. The van der Waals surface area contributed by atoms with E-state index < -0.39 is 50.7 Å². The zero-order valence-corrected chi connectivity index (χ0v) is 22.8. The average molecular weight is 615 g/mol. The number of benzene rings is 2. The van der Waals surface area contributed by atoms with Crippen LogP contribution in [-0.4, -0.2) is 45.7 Å². The van der Waals surface area contributed by atoms with Gasteiger partial charge in [-0.15, -0.1) is 0 Å². The highest BCUT2D eigenvalue weighted by Gasteiger charge is 2.48. The number of aromatic nitrogens is 2. The lowest BCUT2D eigenvalue weighted by atomic mass is 9.69. The van der Waals surface area contributed by atoms with Crippen LogP contribution in [0.3, 0.4) is 0 Å². The molecule has 2 aromatic carbocycles. The van der Waals surface area contributed by atoms with Gasteiger partial charge in [-0.2, -0.15) is 4.98 Å². The Bertz CT molecular complexity index is 1560. The van der Waals surface area contributed by atoms with Crippen molar-refractivity contribution in [2.45, 2.75) is 12.5 Å². The van der Waals surface area contributed by atoms with Gasteiger partial charge in [-0.1, -0.05) is 0 Å². The number of nitrogen functional groups attached to an aromatic ring is 1. The van der Waals surface area contributed by atoms with Crippen molar-refractivity contribution in [1.29, 1.82) is 0 Å². The van der Waals surface area contributed by atoms with Crippen molar-refractivity contribution in [3.63, 3.8) is 0 Å². The fourth-order valence-corrected chi connectivity index (χ4v) is 6.24. The van der Waals surface area contributed by atoms with Crippen LogP contribution in [0.1, 0.15) is 6.42 Å². The first-order valence-corrected chi connectivity index (χ1v) is 15.1. The maximum absolute atomic E-state index is 13.2. The van der Waals surface area contributed by atoms with E-state index in [-0.39, 0.29) is 48.8 Å². The molecular formula is C23H25F2N5O9P2. The Morgan fingerprint density at radius 3 is 2.05 bits per heavy atom. The van der Waals surface area contributed by atoms with Crippen LogP contribution in [0.25, 0.3) is 0 Å². The molecule has 2 heterocycles. The van der Waals surface area contributed by atoms with Crippen molar-refractivity contribution in [2.75, 3.05) is 35.8 Å². The zero-order valence-electron chi connectivity index (χ0n) is 21.1. The third kappa shape index (κ3) is 6.87. The summed E-state index contributed by atoms with van der Waals surface area (Å²) in [6.07, 6.45) is 0.342. The highest BCUT2D eigenvalue weighted by Crippen LogP contribution is 2.51. The van der Waals surface area contributed by atoms with Gasteiger partial charge in [0.2, 0.25) is 5.95 Å². The summed E-state index contributed by atoms with van der Waals surface area (Å²) in [5, 5.41) is 2.93. The summed E-state index contributed by atoms with van der Waals surface area (Å²) in [6.45, 7) is -0.515. The average Bonchev–Trinajstić information content (AvgIpc) is 3.29. The Balaban J connectivity index is 1.29. The smallest absolute Gasteiger partial charge is 0.404 e. The van der Waals surface area contributed by atoms with E-state index >= 15 is 0 Å². The zero-order chi connectivity index (χ0) is 29.4. The number of hydrogen-bond donors (Lipinski definition) is 5. The van der Waals surface area contributed by atoms with Gasteiger partial charge in [0, 0.05) is 12.0 Å². The standard InChI is InChI=1S/C23H25F2N5O9P2/c24-14-1-5-16(6-2-14)38-40(32,33)36-10-13-9-19(30-12-27-20-21(30)28-23(26)29-22(20)31)18(13)11-37-41(34,35)39-17-7-3-15(25)4-8-17/h1-8,13,18-19,27H,9-12H2,(H,32,33)(H,34,35)(H3,26,28,29,31)/t13-,18-,19-/m1/s1. The molecule has 3 aromatic rings. The lowest BCUT2D eigenvalue weighted by Crippen LogP contribution is -2.55. The number of nitrogens with zero attached hydrogens (tertiary/aromatic N) is 2. The van der Waals surface area contributed by atoms with E-state index in [1.54, 1.807) is 4.90 Å². The lowest BCUT2D eigenvalue weighted by Gasteiger charge is -2.48. The van der Waals surface area contributed by atoms with E-state index in [0.717, 1.165) is 48.5 Å². The van der Waals surface area contributed by atoms with Gasteiger partial charge in [0.05, 0.1) is 19.9 Å². The number of nitrogens with one attached hydrogen (secondary N) is 2. The Hall–Kier alpha value is -3.52. The van der Waals surface area contributed by atoms with Crippen molar-refractivity contribution in [2.24, 2.45) is 11.8 Å². The molecule has 1 fully saturated rings. The van der Waals surface area contributed by atoms with Crippen LogP contribution in [-0.2, 0) is 18.2 Å². The molecule has 220 valence electrons. The van der Waals surface area contributed by atoms with Gasteiger partial charge < -0.3 is 25.0 Å². The molecule has 0 radical (unpaired) electrons. The highest BCUT2D eigenvalue weighted by atomic mass is 31.2. The Morgan fingerprint density at radius 2 is 1.49 bits per heavy atom. The molecule has 2 aliphatic rings. The molecule has 1 aliphatic carbocycles. The minimum Gasteiger partial charge on any atom is -0.404 e. The number of rotatable bonds is 11. The molecular weight excluding hydrogens is 590 g/mol. The van der Waals surface area contributed by atoms with Crippen molar-refractivity contribution >= 4 is 33.1 Å². The summed E-state index contributed by atoms with van der Waals surface area (Å²) < 4.78 is 71.9. The number of hydrogen-bond acceptors (Lipinski definition) is 11. The second-order valence-electron chi connectivity index (χ2n) is 9.30. The third-order valence-electron chi connectivity index (χ3n) is 6.61. The Labute approximate surface area is 231 Å². The van der Waals surface area contributed by atoms with E-state index in [1.165, 1.54) is 0 Å². The minimum atomic E-state index is -4.68. The minimum absolute atomic E-state index is 0.0867. The molecule has 0 saturated heterocycles. The highest BCUT2D eigenvalue weighted by molar-refractivity contribution is 7.48. The van der Waals surface area contributed by atoms with Crippen LogP contribution in [0.4, 0.5) is 26.2 Å². The first kappa shape index (κ1) is 29.0. The van der Waals surface area contributed by atoms with E-state index in [9.17, 15) is 32.5 Å². The van der Waals surface area contributed by atoms with Crippen LogP contribution in [0.2, 0.25) is 0 Å². The molecule has 1 saturated carbocycles. The summed E-state index contributed by atoms with van der Waals surface area (Å²) in [7, 11) is -9.30. The maximum atomic E-state index is 13.2. The molecule has 2 unspecified atom stereocenters. The van der Waals surface area contributed by atoms with Crippen molar-refractivity contribution in [1.82, 2.24) is 9.97 Å². The molecule has 41 heavy (non-hydrogen) atoms. The van der Waals surface area contributed by atoms with Gasteiger partial charge in [-0.3, -0.25) is 28.6 Å². The largest absolute Gasteiger partial charge is 0.527 e. The van der Waals surface area contributed by atoms with Crippen LogP contribution in [0, 0.1) is 23.5 Å². The van der Waals surface area contributed by atoms with Crippen molar-refractivity contribution in [3.8, 4) is 11.5 Å². The number of halogens is 2. The molecule has 14 nitrogen and oxygen atoms in total. The van der Waals surface area contributed by atoms with Crippen LogP contribution in [0.15, 0.2) is 53.3 Å². The summed E-state index contributed by atoms with van der Waals surface area (Å²) in [6, 6.07) is 8.41. The summed E-state index contributed by atoms with van der Waals surface area (Å²) in [5.41, 5.74) is 5.43. The molecule has 5 rings (SSSR count). The SMILES string of the molecule is Nc1nc2c(c(=O)[nH]1)NCN2[C@@H]1C[C@H](COP(=O)(O)Oc2ccc(F)cc2)[C@H]1COP(=O)(O)Oc1ccc(F)cc1. The van der Waals surface area contributed by atoms with Gasteiger partial charge in [0.1, 0.15) is 28.8 Å². The Morgan fingerprint density at radius 1 is 0.951 bits per heavy atom.